The highest BCUT2D eigenvalue weighted by atomic mass is 32.2. The van der Waals surface area contributed by atoms with Crippen LogP contribution in [0.4, 0.5) is 11.4 Å². The molecule has 0 radical (unpaired) electrons. The van der Waals surface area contributed by atoms with Crippen molar-refractivity contribution in [1.82, 2.24) is 0 Å². The highest BCUT2D eigenvalue weighted by molar-refractivity contribution is 7.99. The van der Waals surface area contributed by atoms with Gasteiger partial charge in [-0.15, -0.1) is 11.8 Å². The number of nitrogens with one attached hydrogen (secondary N) is 1. The summed E-state index contributed by atoms with van der Waals surface area (Å²) in [6.07, 6.45) is 1.07. The Morgan fingerprint density at radius 1 is 1.39 bits per heavy atom. The number of hydrogen-bond donors (Lipinski definition) is 2. The molecule has 4 nitrogen and oxygen atoms in total. The van der Waals surface area contributed by atoms with Crippen LogP contribution >= 0.6 is 11.8 Å². The summed E-state index contributed by atoms with van der Waals surface area (Å²) in [5.41, 5.74) is 6.70. The van der Waals surface area contributed by atoms with Gasteiger partial charge in [0.25, 0.3) is 0 Å². The van der Waals surface area contributed by atoms with Crippen molar-refractivity contribution in [3.05, 3.63) is 18.2 Å². The average molecular weight is 288 g/mol. The van der Waals surface area contributed by atoms with E-state index in [1.807, 2.05) is 6.07 Å². The maximum atomic E-state index is 11.8. The second-order valence-electron chi connectivity index (χ2n) is 4.29. The van der Waals surface area contributed by atoms with E-state index in [0.717, 1.165) is 17.1 Å². The predicted molar refractivity (Wildman–Crippen MR) is 79.5 cm³/mol. The largest absolute Gasteiger partial charge is 0.397 e. The molecule has 6 heteroatoms. The fraction of sp³-hybridized carbons (Fsp3) is 0.500. The van der Waals surface area contributed by atoms with Crippen LogP contribution in [0.2, 0.25) is 0 Å². The molecule has 18 heavy (non-hydrogen) atoms. The Kier molecular flexibility index (Phi) is 5.34. The van der Waals surface area contributed by atoms with Crippen molar-refractivity contribution in [3.8, 4) is 0 Å². The van der Waals surface area contributed by atoms with E-state index in [9.17, 15) is 8.42 Å². The van der Waals surface area contributed by atoms with Crippen molar-refractivity contribution < 1.29 is 8.42 Å². The van der Waals surface area contributed by atoms with Crippen LogP contribution in [0.5, 0.6) is 0 Å². The number of nitrogen functional groups attached to an aromatic ring is 1. The van der Waals surface area contributed by atoms with Crippen LogP contribution in [0.25, 0.3) is 0 Å². The molecular weight excluding hydrogens is 268 g/mol. The molecule has 0 aliphatic rings. The summed E-state index contributed by atoms with van der Waals surface area (Å²) in [5, 5.41) is -0.483. The van der Waals surface area contributed by atoms with Gasteiger partial charge >= 0.3 is 0 Å². The van der Waals surface area contributed by atoms with Gasteiger partial charge in [0.05, 0.1) is 16.6 Å². The Balaban J connectivity index is 2.94. The van der Waals surface area contributed by atoms with E-state index in [1.165, 1.54) is 0 Å². The maximum absolute atomic E-state index is 11.8. The first-order valence-corrected chi connectivity index (χ1v) is 8.44. The van der Waals surface area contributed by atoms with Crippen LogP contribution in [-0.4, -0.2) is 19.4 Å². The van der Waals surface area contributed by atoms with Crippen LogP contribution in [0.15, 0.2) is 23.1 Å². The lowest BCUT2D eigenvalue weighted by molar-refractivity contribution is 0.593. The summed E-state index contributed by atoms with van der Waals surface area (Å²) < 4.78 is 26.1. The molecule has 0 unspecified atom stereocenters. The van der Waals surface area contributed by atoms with Gasteiger partial charge in [-0.25, -0.2) is 8.42 Å². The highest BCUT2D eigenvalue weighted by Gasteiger charge is 2.17. The van der Waals surface area contributed by atoms with E-state index in [1.54, 1.807) is 37.7 Å². The molecule has 0 fully saturated rings. The fourth-order valence-corrected chi connectivity index (χ4v) is 2.73. The first-order valence-electron chi connectivity index (χ1n) is 5.90. The minimum atomic E-state index is -3.35. The van der Waals surface area contributed by atoms with Gasteiger partial charge in [0.2, 0.25) is 10.0 Å². The molecule has 102 valence electrons. The molecule has 0 atom stereocenters. The van der Waals surface area contributed by atoms with E-state index in [0.29, 0.717) is 11.4 Å². The van der Waals surface area contributed by atoms with Crippen molar-refractivity contribution in [2.24, 2.45) is 0 Å². The first kappa shape index (κ1) is 15.2. The Morgan fingerprint density at radius 2 is 2.06 bits per heavy atom. The number of nitrogens with two attached hydrogens (primary N) is 1. The third-order valence-electron chi connectivity index (χ3n) is 2.37. The second kappa shape index (κ2) is 6.33. The predicted octanol–water partition coefficient (Wildman–Crippen LogP) is 2.92. The maximum Gasteiger partial charge on any atom is 0.235 e. The number of benzene rings is 1. The SMILES string of the molecule is CCCSc1ccc(N)c(NS(=O)(=O)C(C)C)c1. The number of hydrogen-bond acceptors (Lipinski definition) is 4. The monoisotopic (exact) mass is 288 g/mol. The molecule has 0 aromatic heterocycles. The number of rotatable bonds is 6. The minimum absolute atomic E-state index is 0.445. The van der Waals surface area contributed by atoms with Gasteiger partial charge in [-0.1, -0.05) is 6.92 Å². The summed E-state index contributed by atoms with van der Waals surface area (Å²) in [6.45, 7) is 5.37. The first-order chi connectivity index (χ1) is 8.36. The standard InChI is InChI=1S/C12H20N2O2S2/c1-4-7-17-10-5-6-11(13)12(8-10)14-18(15,16)9(2)3/h5-6,8-9,14H,4,7,13H2,1-3H3. The molecule has 0 aliphatic heterocycles. The van der Waals surface area contributed by atoms with E-state index in [2.05, 4.69) is 11.6 Å². The van der Waals surface area contributed by atoms with Crippen LogP contribution in [-0.2, 0) is 10.0 Å². The second-order valence-corrected chi connectivity index (χ2v) is 7.70. The van der Waals surface area contributed by atoms with Crippen molar-refractivity contribution in [2.75, 3.05) is 16.2 Å². The molecule has 0 saturated heterocycles. The average Bonchev–Trinajstić information content (AvgIpc) is 2.29. The summed E-state index contributed by atoms with van der Waals surface area (Å²) in [6, 6.07) is 5.43. The highest BCUT2D eigenvalue weighted by Crippen LogP contribution is 2.28. The van der Waals surface area contributed by atoms with Gasteiger partial charge < -0.3 is 5.73 Å². The summed E-state index contributed by atoms with van der Waals surface area (Å²) in [4.78, 5) is 1.02. The number of anilines is 2. The summed E-state index contributed by atoms with van der Waals surface area (Å²) in [5.74, 6) is 1.00. The fourth-order valence-electron chi connectivity index (χ4n) is 1.20. The molecule has 0 amide bonds. The molecule has 1 rings (SSSR count). The zero-order valence-electron chi connectivity index (χ0n) is 10.9. The van der Waals surface area contributed by atoms with Crippen LogP contribution in [0, 0.1) is 0 Å². The third-order valence-corrected chi connectivity index (χ3v) is 5.32. The molecular formula is C12H20N2O2S2. The van der Waals surface area contributed by atoms with E-state index >= 15 is 0 Å². The van der Waals surface area contributed by atoms with Crippen LogP contribution in [0.1, 0.15) is 27.2 Å². The van der Waals surface area contributed by atoms with Crippen molar-refractivity contribution in [1.29, 1.82) is 0 Å². The molecule has 1 aromatic rings. The van der Waals surface area contributed by atoms with Gasteiger partial charge in [0, 0.05) is 4.90 Å². The molecule has 0 aliphatic carbocycles. The molecule has 0 saturated carbocycles. The quantitative estimate of drug-likeness (QED) is 0.623. The van der Waals surface area contributed by atoms with Crippen molar-refractivity contribution >= 4 is 33.2 Å². The lowest BCUT2D eigenvalue weighted by Crippen LogP contribution is -2.23. The van der Waals surface area contributed by atoms with E-state index in [-0.39, 0.29) is 0 Å². The van der Waals surface area contributed by atoms with Crippen LogP contribution in [0.3, 0.4) is 0 Å². The summed E-state index contributed by atoms with van der Waals surface area (Å²) >= 11 is 1.69. The zero-order chi connectivity index (χ0) is 13.8. The number of sulfonamides is 1. The lowest BCUT2D eigenvalue weighted by Gasteiger charge is -2.13. The Hall–Kier alpha value is -0.880. The normalized spacial score (nSPS) is 11.8. The van der Waals surface area contributed by atoms with Crippen molar-refractivity contribution in [2.45, 2.75) is 37.3 Å². The third kappa shape index (κ3) is 4.10. The van der Waals surface area contributed by atoms with Crippen LogP contribution < -0.4 is 10.5 Å². The van der Waals surface area contributed by atoms with Gasteiger partial charge in [0.1, 0.15) is 0 Å². The van der Waals surface area contributed by atoms with Gasteiger partial charge in [-0.3, -0.25) is 4.72 Å². The minimum Gasteiger partial charge on any atom is -0.397 e. The molecule has 3 N–H and O–H groups in total. The van der Waals surface area contributed by atoms with Gasteiger partial charge in [-0.05, 0) is 44.2 Å². The van der Waals surface area contributed by atoms with E-state index in [4.69, 9.17) is 5.73 Å². The molecule has 0 bridgehead atoms. The Morgan fingerprint density at radius 3 is 2.61 bits per heavy atom. The molecule has 1 aromatic carbocycles. The number of thioether (sulfide) groups is 1. The zero-order valence-corrected chi connectivity index (χ0v) is 12.6. The topological polar surface area (TPSA) is 72.2 Å². The smallest absolute Gasteiger partial charge is 0.235 e. The lowest BCUT2D eigenvalue weighted by atomic mass is 10.3. The Bertz CT molecular complexity index is 499. The summed E-state index contributed by atoms with van der Waals surface area (Å²) in [7, 11) is -3.35. The van der Waals surface area contributed by atoms with Gasteiger partial charge in [0.15, 0.2) is 0 Å². The Labute approximate surface area is 113 Å². The molecule has 0 heterocycles. The molecule has 0 spiro atoms. The van der Waals surface area contributed by atoms with E-state index < -0.39 is 15.3 Å². The van der Waals surface area contributed by atoms with Gasteiger partial charge in [-0.2, -0.15) is 0 Å². The van der Waals surface area contributed by atoms with Crippen molar-refractivity contribution in [3.63, 3.8) is 0 Å².